The molecule has 0 unspecified atom stereocenters. The van der Waals surface area contributed by atoms with E-state index in [1.807, 2.05) is 11.8 Å². The average Bonchev–Trinajstić information content (AvgIpc) is 3.57. The third-order valence-corrected chi connectivity index (χ3v) is 5.75. The highest BCUT2D eigenvalue weighted by Crippen LogP contribution is 2.37. The highest BCUT2D eigenvalue weighted by Gasteiger charge is 2.49. The molecule has 1 saturated carbocycles. The molecule has 162 valence electrons. The van der Waals surface area contributed by atoms with Gasteiger partial charge < -0.3 is 19.7 Å². The standard InChI is InChI=1S/C23H25N3O4S/c1-3-30-19-10-4-15(5-11-19)24-21(27)14-20-22(28)26(23(31)25(20)16-6-7-16)17-8-12-18(29-2)13-9-17/h4-5,8-13,16,20H,3,6-7,14H2,1-2H3,(H,24,27)/t20-/m0/s1. The van der Waals surface area contributed by atoms with Crippen LogP contribution in [-0.4, -0.2) is 47.6 Å². The van der Waals surface area contributed by atoms with Gasteiger partial charge in [0.05, 0.1) is 25.8 Å². The van der Waals surface area contributed by atoms with Crippen molar-refractivity contribution in [2.24, 2.45) is 0 Å². The molecule has 4 rings (SSSR count). The number of ether oxygens (including phenoxy) is 2. The summed E-state index contributed by atoms with van der Waals surface area (Å²) < 4.78 is 10.6. The molecule has 1 aliphatic carbocycles. The second-order valence-corrected chi connectivity index (χ2v) is 7.88. The molecular formula is C23H25N3O4S. The van der Waals surface area contributed by atoms with Crippen LogP contribution in [0.1, 0.15) is 26.2 Å². The Morgan fingerprint density at radius 1 is 1.10 bits per heavy atom. The Morgan fingerprint density at radius 2 is 1.74 bits per heavy atom. The van der Waals surface area contributed by atoms with Crippen molar-refractivity contribution in [2.75, 3.05) is 23.9 Å². The molecule has 1 aliphatic heterocycles. The lowest BCUT2D eigenvalue weighted by molar-refractivity contribution is -0.124. The fourth-order valence-corrected chi connectivity index (χ4v) is 4.19. The van der Waals surface area contributed by atoms with Crippen molar-refractivity contribution in [2.45, 2.75) is 38.3 Å². The highest BCUT2D eigenvalue weighted by molar-refractivity contribution is 7.80. The molecule has 0 spiro atoms. The summed E-state index contributed by atoms with van der Waals surface area (Å²) in [6, 6.07) is 14.0. The van der Waals surface area contributed by atoms with E-state index in [9.17, 15) is 9.59 Å². The van der Waals surface area contributed by atoms with Crippen LogP contribution in [0.25, 0.3) is 0 Å². The summed E-state index contributed by atoms with van der Waals surface area (Å²) >= 11 is 5.65. The maximum absolute atomic E-state index is 13.3. The minimum Gasteiger partial charge on any atom is -0.497 e. The number of thiocarbonyl (C=S) groups is 1. The molecule has 8 heteroatoms. The summed E-state index contributed by atoms with van der Waals surface area (Å²) in [5, 5.41) is 3.33. The molecule has 2 fully saturated rings. The van der Waals surface area contributed by atoms with Crippen molar-refractivity contribution in [3.8, 4) is 11.5 Å². The van der Waals surface area contributed by atoms with E-state index in [1.54, 1.807) is 55.6 Å². The molecule has 2 amide bonds. The van der Waals surface area contributed by atoms with Gasteiger partial charge in [0.2, 0.25) is 5.91 Å². The van der Waals surface area contributed by atoms with Crippen LogP contribution in [-0.2, 0) is 9.59 Å². The van der Waals surface area contributed by atoms with Gasteiger partial charge >= 0.3 is 0 Å². The first-order chi connectivity index (χ1) is 15.0. The summed E-state index contributed by atoms with van der Waals surface area (Å²) in [5.74, 6) is 1.04. The van der Waals surface area contributed by atoms with Gasteiger partial charge in [-0.1, -0.05) is 0 Å². The quantitative estimate of drug-likeness (QED) is 0.634. The number of amides is 2. The first kappa shape index (κ1) is 21.1. The number of anilines is 2. The van der Waals surface area contributed by atoms with E-state index in [0.29, 0.717) is 28.8 Å². The zero-order valence-electron chi connectivity index (χ0n) is 17.5. The first-order valence-electron chi connectivity index (χ1n) is 10.3. The number of hydrogen-bond donors (Lipinski definition) is 1. The lowest BCUT2D eigenvalue weighted by Crippen LogP contribution is -2.39. The topological polar surface area (TPSA) is 71.1 Å². The van der Waals surface area contributed by atoms with Crippen LogP contribution in [0.15, 0.2) is 48.5 Å². The molecule has 0 bridgehead atoms. The van der Waals surface area contributed by atoms with Crippen molar-refractivity contribution in [3.05, 3.63) is 48.5 Å². The van der Waals surface area contributed by atoms with Crippen LogP contribution in [0, 0.1) is 0 Å². The molecule has 2 aliphatic rings. The van der Waals surface area contributed by atoms with Crippen LogP contribution in [0.4, 0.5) is 11.4 Å². The molecule has 1 saturated heterocycles. The third kappa shape index (κ3) is 4.49. The monoisotopic (exact) mass is 439 g/mol. The third-order valence-electron chi connectivity index (χ3n) is 5.35. The van der Waals surface area contributed by atoms with Crippen molar-refractivity contribution >= 4 is 40.5 Å². The Kier molecular flexibility index (Phi) is 6.08. The Morgan fingerprint density at radius 3 is 2.32 bits per heavy atom. The minimum absolute atomic E-state index is 0.0370. The van der Waals surface area contributed by atoms with Gasteiger partial charge in [-0.05, 0) is 80.5 Å². The second kappa shape index (κ2) is 8.93. The maximum atomic E-state index is 13.3. The molecule has 31 heavy (non-hydrogen) atoms. The van der Waals surface area contributed by atoms with E-state index >= 15 is 0 Å². The highest BCUT2D eigenvalue weighted by atomic mass is 32.1. The number of hydrogen-bond acceptors (Lipinski definition) is 5. The number of carbonyl (C=O) groups excluding carboxylic acids is 2. The molecule has 7 nitrogen and oxygen atoms in total. The van der Waals surface area contributed by atoms with Crippen LogP contribution in [0.3, 0.4) is 0 Å². The van der Waals surface area contributed by atoms with E-state index in [4.69, 9.17) is 21.7 Å². The first-order valence-corrected chi connectivity index (χ1v) is 10.8. The SMILES string of the molecule is CCOc1ccc(NC(=O)C[C@H]2C(=O)N(c3ccc(OC)cc3)C(=S)N2C2CC2)cc1. The molecule has 2 aromatic carbocycles. The van der Waals surface area contributed by atoms with Crippen molar-refractivity contribution in [1.29, 1.82) is 0 Å². The fraction of sp³-hybridized carbons (Fsp3) is 0.348. The van der Waals surface area contributed by atoms with Crippen molar-refractivity contribution in [1.82, 2.24) is 4.90 Å². The zero-order valence-corrected chi connectivity index (χ0v) is 18.4. The van der Waals surface area contributed by atoms with Crippen LogP contribution >= 0.6 is 12.2 Å². The summed E-state index contributed by atoms with van der Waals surface area (Å²) in [5.41, 5.74) is 1.34. The van der Waals surface area contributed by atoms with E-state index in [-0.39, 0.29) is 24.3 Å². The molecule has 2 aromatic rings. The molecule has 1 heterocycles. The number of carbonyl (C=O) groups is 2. The summed E-state index contributed by atoms with van der Waals surface area (Å²) in [7, 11) is 1.59. The number of methoxy groups -OCH3 is 1. The predicted octanol–water partition coefficient (Wildman–Crippen LogP) is 3.59. The second-order valence-electron chi connectivity index (χ2n) is 7.52. The van der Waals surface area contributed by atoms with Gasteiger partial charge in [-0.25, -0.2) is 0 Å². The summed E-state index contributed by atoms with van der Waals surface area (Å²) in [4.78, 5) is 29.5. The molecule has 1 N–H and O–H groups in total. The van der Waals surface area contributed by atoms with Gasteiger partial charge in [0, 0.05) is 11.7 Å². The molecular weight excluding hydrogens is 414 g/mol. The van der Waals surface area contributed by atoms with Gasteiger partial charge in [0.25, 0.3) is 5.91 Å². The lowest BCUT2D eigenvalue weighted by atomic mass is 10.1. The van der Waals surface area contributed by atoms with Crippen LogP contribution in [0.2, 0.25) is 0 Å². The number of rotatable bonds is 8. The fourth-order valence-electron chi connectivity index (χ4n) is 3.72. The van der Waals surface area contributed by atoms with E-state index in [1.165, 1.54) is 4.90 Å². The Labute approximate surface area is 186 Å². The van der Waals surface area contributed by atoms with Crippen LogP contribution in [0.5, 0.6) is 11.5 Å². The Hall–Kier alpha value is -3.13. The number of nitrogens with zero attached hydrogens (tertiary/aromatic N) is 2. The average molecular weight is 440 g/mol. The van der Waals surface area contributed by atoms with Gasteiger partial charge in [-0.15, -0.1) is 0 Å². The lowest BCUT2D eigenvalue weighted by Gasteiger charge is -2.23. The summed E-state index contributed by atoms with van der Waals surface area (Å²) in [6.07, 6.45) is 1.98. The molecule has 0 aromatic heterocycles. The molecule has 0 radical (unpaired) electrons. The predicted molar refractivity (Wildman–Crippen MR) is 123 cm³/mol. The number of benzene rings is 2. The van der Waals surface area contributed by atoms with Crippen molar-refractivity contribution < 1.29 is 19.1 Å². The Balaban J connectivity index is 1.48. The van der Waals surface area contributed by atoms with Gasteiger partial charge in [0.15, 0.2) is 5.11 Å². The smallest absolute Gasteiger partial charge is 0.256 e. The van der Waals surface area contributed by atoms with Gasteiger partial charge in [0.1, 0.15) is 17.5 Å². The van der Waals surface area contributed by atoms with E-state index < -0.39 is 6.04 Å². The van der Waals surface area contributed by atoms with Gasteiger partial charge in [-0.2, -0.15) is 0 Å². The van der Waals surface area contributed by atoms with E-state index in [2.05, 4.69) is 5.32 Å². The molecule has 1 atom stereocenters. The zero-order chi connectivity index (χ0) is 22.0. The number of nitrogens with one attached hydrogen (secondary N) is 1. The normalized spacial score (nSPS) is 18.3. The van der Waals surface area contributed by atoms with Gasteiger partial charge in [-0.3, -0.25) is 14.5 Å². The largest absolute Gasteiger partial charge is 0.497 e. The Bertz CT molecular complexity index is 973. The summed E-state index contributed by atoms with van der Waals surface area (Å²) in [6.45, 7) is 2.50. The van der Waals surface area contributed by atoms with Crippen molar-refractivity contribution in [3.63, 3.8) is 0 Å². The van der Waals surface area contributed by atoms with Crippen LogP contribution < -0.4 is 19.7 Å². The minimum atomic E-state index is -0.607. The van der Waals surface area contributed by atoms with E-state index in [0.717, 1.165) is 18.6 Å². The maximum Gasteiger partial charge on any atom is 0.256 e.